The van der Waals surface area contributed by atoms with Gasteiger partial charge in [0, 0.05) is 51.4 Å². The molecule has 33 valence electrons. The Hall–Kier alpha value is 1.71. The Morgan fingerprint density at radius 1 is 1.67 bits per heavy atom. The van der Waals surface area contributed by atoms with Crippen LogP contribution in [0.15, 0.2) is 0 Å². The number of hydrogen-bond donors (Lipinski definition) is 2. The predicted octanol–water partition coefficient (Wildman–Crippen LogP) is -0.228. The van der Waals surface area contributed by atoms with Crippen LogP contribution in [0, 0.1) is 0 Å². The summed E-state index contributed by atoms with van der Waals surface area (Å²) in [7, 11) is 0. The molecule has 1 radical (unpaired) electrons. The van der Waals surface area contributed by atoms with Gasteiger partial charge in [0.2, 0.25) is 0 Å². The summed E-state index contributed by atoms with van der Waals surface area (Å²) >= 11 is 8.26. The average molecular weight is 149 g/mol. The molecule has 0 saturated heterocycles. The third-order valence-corrected chi connectivity index (χ3v) is 0. The van der Waals surface area contributed by atoms with Crippen molar-refractivity contribution in [3.8, 4) is 0 Å². The third-order valence-electron chi connectivity index (χ3n) is 0. The molecule has 0 unspecified atom stereocenters. The predicted molar refractivity (Wildman–Crippen MR) is 35.9 cm³/mol. The monoisotopic (exact) mass is 149 g/mol. The first-order chi connectivity index (χ1) is 1.73. The van der Waals surface area contributed by atoms with Crippen molar-refractivity contribution in [2.75, 3.05) is 0 Å². The van der Waals surface area contributed by atoms with Crippen molar-refractivity contribution in [1.29, 1.82) is 0 Å². The maximum Gasteiger partial charge on any atom is 0 e. The molecule has 0 aliphatic heterocycles. The van der Waals surface area contributed by atoms with Crippen LogP contribution in [0.2, 0.25) is 0 Å². The van der Waals surface area contributed by atoms with Crippen LogP contribution in [0.25, 0.3) is 0 Å². The molecule has 0 aromatic heterocycles. The van der Waals surface area contributed by atoms with Crippen molar-refractivity contribution in [2.24, 2.45) is 5.73 Å². The van der Waals surface area contributed by atoms with E-state index in [9.17, 15) is 0 Å². The Kier molecular flexibility index (Phi) is 25.7. The molecule has 0 aromatic rings. The van der Waals surface area contributed by atoms with Crippen LogP contribution >= 0.6 is 12.2 Å². The largest absolute Gasteiger partial charge is 0.415 e. The first-order valence-corrected chi connectivity index (χ1v) is 1.51. The van der Waals surface area contributed by atoms with Crippen molar-refractivity contribution >= 4 is 80.6 Å². The fourth-order valence-corrected chi connectivity index (χ4v) is 0. The standard InChI is InChI=1S/CH3NS2.K.H3N/c2-1(3)4;;/h(H3,2,3,4);;1H3. The van der Waals surface area contributed by atoms with E-state index in [-0.39, 0.29) is 61.9 Å². The minimum atomic E-state index is 0. The van der Waals surface area contributed by atoms with E-state index in [2.05, 4.69) is 30.6 Å². The number of thiocarbonyl (C=S) groups is 1. The van der Waals surface area contributed by atoms with Crippen molar-refractivity contribution in [3.63, 3.8) is 0 Å². The van der Waals surface area contributed by atoms with Gasteiger partial charge in [-0.1, -0.05) is 4.32 Å². The summed E-state index contributed by atoms with van der Waals surface area (Å²) < 4.78 is 0.0833. The van der Waals surface area contributed by atoms with Crippen LogP contribution < -0.4 is 11.9 Å². The van der Waals surface area contributed by atoms with Gasteiger partial charge in [0.15, 0.2) is 0 Å². The number of hydrogen-bond acceptors (Lipinski definition) is 2. The fourth-order valence-electron chi connectivity index (χ4n) is 0. The van der Waals surface area contributed by atoms with Crippen LogP contribution in [-0.4, -0.2) is 55.7 Å². The molecule has 6 heavy (non-hydrogen) atoms. The first-order valence-electron chi connectivity index (χ1n) is 0.697. The Balaban J connectivity index is -0.0000000450. The average Bonchev–Trinajstić information content (AvgIpc) is 0.811. The summed E-state index contributed by atoms with van der Waals surface area (Å²) in [6.45, 7) is 0. The molecule has 0 atom stereocenters. The Labute approximate surface area is 90.7 Å². The van der Waals surface area contributed by atoms with E-state index in [0.717, 1.165) is 0 Å². The summed E-state index contributed by atoms with van der Waals surface area (Å²) in [6.07, 6.45) is 0. The molecule has 0 aliphatic rings. The SMILES string of the molecule is NC(=S)[S-].[K].[NH4+]. The van der Waals surface area contributed by atoms with Gasteiger partial charge in [-0.15, -0.1) is 0 Å². The van der Waals surface area contributed by atoms with Gasteiger partial charge in [-0.3, -0.25) is 0 Å². The summed E-state index contributed by atoms with van der Waals surface area (Å²) in [5.74, 6) is 0. The zero-order valence-corrected chi connectivity index (χ0v) is 8.65. The molecule has 0 spiro atoms. The molecule has 0 aliphatic carbocycles. The van der Waals surface area contributed by atoms with Gasteiger partial charge in [-0.05, 0) is 0 Å². The Morgan fingerprint density at radius 2 is 1.67 bits per heavy atom. The van der Waals surface area contributed by atoms with Gasteiger partial charge in [-0.2, -0.15) is 0 Å². The van der Waals surface area contributed by atoms with Gasteiger partial charge < -0.3 is 36.7 Å². The molecular formula is CH6KN2S2. The van der Waals surface area contributed by atoms with E-state index in [1.165, 1.54) is 0 Å². The second-order valence-electron chi connectivity index (χ2n) is 0.319. The summed E-state index contributed by atoms with van der Waals surface area (Å²) in [6, 6.07) is 0. The normalized spacial score (nSPS) is 4.00. The van der Waals surface area contributed by atoms with Crippen molar-refractivity contribution in [3.05, 3.63) is 0 Å². The van der Waals surface area contributed by atoms with Gasteiger partial charge in [-0.25, -0.2) is 0 Å². The molecule has 0 heterocycles. The van der Waals surface area contributed by atoms with Gasteiger partial charge >= 0.3 is 0 Å². The number of rotatable bonds is 0. The molecule has 0 saturated carbocycles. The van der Waals surface area contributed by atoms with Gasteiger partial charge in [0.25, 0.3) is 0 Å². The van der Waals surface area contributed by atoms with E-state index in [1.54, 1.807) is 0 Å². The number of nitrogens with two attached hydrogens (primary N) is 1. The zero-order chi connectivity index (χ0) is 3.58. The van der Waals surface area contributed by atoms with Crippen molar-refractivity contribution < 1.29 is 0 Å². The minimum Gasteiger partial charge on any atom is -0.415 e. The zero-order valence-electron chi connectivity index (χ0n) is 3.89. The van der Waals surface area contributed by atoms with E-state index >= 15 is 0 Å². The molecule has 0 bridgehead atoms. The van der Waals surface area contributed by atoms with Gasteiger partial charge in [0.05, 0.1) is 0 Å². The van der Waals surface area contributed by atoms with Crippen LogP contribution in [0.3, 0.4) is 0 Å². The first kappa shape index (κ1) is 15.6. The van der Waals surface area contributed by atoms with Crippen molar-refractivity contribution in [2.45, 2.75) is 0 Å². The molecule has 0 amide bonds. The maximum absolute atomic E-state index is 4.66. The quantitative estimate of drug-likeness (QED) is 0.284. The smallest absolute Gasteiger partial charge is 0 e. The number of quaternary nitrogens is 1. The van der Waals surface area contributed by atoms with Crippen molar-refractivity contribution in [1.82, 2.24) is 6.15 Å². The minimum absolute atomic E-state index is 0. The molecule has 6 N–H and O–H groups in total. The summed E-state index contributed by atoms with van der Waals surface area (Å²) in [5, 5.41) is 0. The molecule has 0 fully saturated rings. The Morgan fingerprint density at radius 3 is 1.67 bits per heavy atom. The molecule has 0 rings (SSSR count). The summed E-state index contributed by atoms with van der Waals surface area (Å²) in [5.41, 5.74) is 4.66. The Bertz CT molecular complexity index is 34.5. The van der Waals surface area contributed by atoms with E-state index in [0.29, 0.717) is 0 Å². The van der Waals surface area contributed by atoms with Crippen LogP contribution in [0.5, 0.6) is 0 Å². The molecular weight excluding hydrogens is 143 g/mol. The second-order valence-corrected chi connectivity index (χ2v) is 1.46. The third kappa shape index (κ3) is 43.4. The van der Waals surface area contributed by atoms with E-state index in [4.69, 9.17) is 0 Å². The topological polar surface area (TPSA) is 62.5 Å². The van der Waals surface area contributed by atoms with Gasteiger partial charge in [0.1, 0.15) is 0 Å². The van der Waals surface area contributed by atoms with Crippen LogP contribution in [0.4, 0.5) is 0 Å². The molecule has 0 aromatic carbocycles. The molecule has 2 nitrogen and oxygen atoms in total. The summed E-state index contributed by atoms with van der Waals surface area (Å²) in [4.78, 5) is 0. The maximum atomic E-state index is 4.66. The fraction of sp³-hybridized carbons (Fsp3) is 0. The second kappa shape index (κ2) is 9.86. The van der Waals surface area contributed by atoms with E-state index in [1.807, 2.05) is 0 Å². The van der Waals surface area contributed by atoms with Crippen LogP contribution in [0.1, 0.15) is 0 Å². The van der Waals surface area contributed by atoms with Crippen LogP contribution in [-0.2, 0) is 12.6 Å². The molecule has 5 heteroatoms. The van der Waals surface area contributed by atoms with E-state index < -0.39 is 0 Å².